The molecule has 0 aliphatic carbocycles. The van der Waals surface area contributed by atoms with E-state index in [2.05, 4.69) is 16.7 Å². The van der Waals surface area contributed by atoms with E-state index in [1.54, 1.807) is 12.1 Å². The lowest BCUT2D eigenvalue weighted by atomic mass is 10.1. The molecule has 1 aliphatic rings. The number of amides is 1. The first kappa shape index (κ1) is 16.4. The van der Waals surface area contributed by atoms with Crippen LogP contribution in [0.25, 0.3) is 0 Å². The average Bonchev–Trinajstić information content (AvgIpc) is 2.85. The number of rotatable bonds is 3. The zero-order chi connectivity index (χ0) is 13.8. The van der Waals surface area contributed by atoms with E-state index < -0.39 is 6.10 Å². The number of carbonyl (C=O) groups is 1. The number of nitriles is 1. The Hall–Kier alpha value is -1.61. The van der Waals surface area contributed by atoms with E-state index in [1.165, 1.54) is 0 Å². The van der Waals surface area contributed by atoms with Crippen LogP contribution in [0.15, 0.2) is 24.3 Å². The van der Waals surface area contributed by atoms with Crippen LogP contribution >= 0.6 is 12.4 Å². The highest BCUT2D eigenvalue weighted by Crippen LogP contribution is 2.14. The Morgan fingerprint density at radius 2 is 2.15 bits per heavy atom. The summed E-state index contributed by atoms with van der Waals surface area (Å²) in [4.78, 5) is 12.0. The zero-order valence-corrected chi connectivity index (χ0v) is 12.0. The minimum Gasteiger partial charge on any atom is -0.392 e. The summed E-state index contributed by atoms with van der Waals surface area (Å²) < 4.78 is 0. The minimum absolute atomic E-state index is 0. The maximum Gasteiger partial charge on any atom is 0.237 e. The summed E-state index contributed by atoms with van der Waals surface area (Å²) >= 11 is 0. The maximum absolute atomic E-state index is 12.0. The van der Waals surface area contributed by atoms with Crippen molar-refractivity contribution in [1.82, 2.24) is 10.6 Å². The first-order chi connectivity index (χ1) is 9.10. The van der Waals surface area contributed by atoms with Gasteiger partial charge in [-0.3, -0.25) is 4.79 Å². The first-order valence-corrected chi connectivity index (χ1v) is 6.32. The third kappa shape index (κ3) is 3.94. The number of benzene rings is 1. The Kier molecular flexibility index (Phi) is 5.96. The SMILES string of the molecule is C[C@H](NC(=O)[C@@H]1C[C@@H](O)CN1)c1ccc(C#N)cc1.Cl. The van der Waals surface area contributed by atoms with Gasteiger partial charge in [0.2, 0.25) is 5.91 Å². The molecule has 6 heteroatoms. The lowest BCUT2D eigenvalue weighted by Crippen LogP contribution is -2.41. The molecule has 1 fully saturated rings. The number of carbonyl (C=O) groups excluding carboxylic acids is 1. The predicted molar refractivity (Wildman–Crippen MR) is 77.4 cm³/mol. The molecule has 2 rings (SSSR count). The van der Waals surface area contributed by atoms with Crippen molar-refractivity contribution >= 4 is 18.3 Å². The average molecular weight is 296 g/mol. The van der Waals surface area contributed by atoms with Crippen LogP contribution in [0.1, 0.15) is 30.5 Å². The molecule has 1 aliphatic heterocycles. The van der Waals surface area contributed by atoms with Crippen LogP contribution in [-0.4, -0.2) is 29.7 Å². The van der Waals surface area contributed by atoms with Gasteiger partial charge in [0.25, 0.3) is 0 Å². The smallest absolute Gasteiger partial charge is 0.237 e. The Balaban J connectivity index is 0.00000200. The van der Waals surface area contributed by atoms with Gasteiger partial charge in [-0.15, -0.1) is 12.4 Å². The molecular weight excluding hydrogens is 278 g/mol. The van der Waals surface area contributed by atoms with Crippen LogP contribution in [0, 0.1) is 11.3 Å². The molecule has 1 aromatic rings. The van der Waals surface area contributed by atoms with E-state index in [-0.39, 0.29) is 30.4 Å². The summed E-state index contributed by atoms with van der Waals surface area (Å²) in [6.45, 7) is 2.36. The van der Waals surface area contributed by atoms with Crippen molar-refractivity contribution in [1.29, 1.82) is 5.26 Å². The number of nitrogens with zero attached hydrogens (tertiary/aromatic N) is 1. The highest BCUT2D eigenvalue weighted by molar-refractivity contribution is 5.85. The molecular formula is C14H18ClN3O2. The van der Waals surface area contributed by atoms with E-state index in [0.29, 0.717) is 18.5 Å². The van der Waals surface area contributed by atoms with Crippen molar-refractivity contribution in [2.75, 3.05) is 6.54 Å². The topological polar surface area (TPSA) is 85.2 Å². The molecule has 1 heterocycles. The molecule has 108 valence electrons. The number of halogens is 1. The molecule has 0 saturated carbocycles. The van der Waals surface area contributed by atoms with Crippen molar-refractivity contribution < 1.29 is 9.90 Å². The number of hydrogen-bond donors (Lipinski definition) is 3. The fraction of sp³-hybridized carbons (Fsp3) is 0.429. The Morgan fingerprint density at radius 3 is 2.65 bits per heavy atom. The Morgan fingerprint density at radius 1 is 1.50 bits per heavy atom. The number of aliphatic hydroxyl groups is 1. The second-order valence-electron chi connectivity index (χ2n) is 4.81. The van der Waals surface area contributed by atoms with Gasteiger partial charge in [0.1, 0.15) is 0 Å². The van der Waals surface area contributed by atoms with E-state index in [9.17, 15) is 9.90 Å². The molecule has 1 aromatic carbocycles. The number of β-amino-alcohol motifs (C(OH)–C–C–N with tert-alkyl or cyclic N) is 1. The monoisotopic (exact) mass is 295 g/mol. The number of aliphatic hydroxyl groups excluding tert-OH is 1. The predicted octanol–water partition coefficient (Wildman–Crippen LogP) is 0.880. The molecule has 5 nitrogen and oxygen atoms in total. The quantitative estimate of drug-likeness (QED) is 0.773. The van der Waals surface area contributed by atoms with Crippen LogP contribution in [0.5, 0.6) is 0 Å². The molecule has 3 atom stereocenters. The van der Waals surface area contributed by atoms with Gasteiger partial charge in [0, 0.05) is 6.54 Å². The fourth-order valence-electron chi connectivity index (χ4n) is 2.16. The second kappa shape index (κ2) is 7.25. The number of nitrogens with one attached hydrogen (secondary N) is 2. The number of hydrogen-bond acceptors (Lipinski definition) is 4. The van der Waals surface area contributed by atoms with E-state index in [4.69, 9.17) is 5.26 Å². The van der Waals surface area contributed by atoms with Crippen LogP contribution in [0.2, 0.25) is 0 Å². The fourth-order valence-corrected chi connectivity index (χ4v) is 2.16. The molecule has 1 saturated heterocycles. The summed E-state index contributed by atoms with van der Waals surface area (Å²) in [5.41, 5.74) is 1.55. The highest BCUT2D eigenvalue weighted by atomic mass is 35.5. The molecule has 0 bridgehead atoms. The Labute approximate surface area is 124 Å². The van der Waals surface area contributed by atoms with E-state index in [1.807, 2.05) is 19.1 Å². The van der Waals surface area contributed by atoms with Gasteiger partial charge in [0.15, 0.2) is 0 Å². The maximum atomic E-state index is 12.0. The van der Waals surface area contributed by atoms with Gasteiger partial charge in [-0.1, -0.05) is 12.1 Å². The third-order valence-electron chi connectivity index (χ3n) is 3.32. The zero-order valence-electron chi connectivity index (χ0n) is 11.2. The second-order valence-corrected chi connectivity index (χ2v) is 4.81. The van der Waals surface area contributed by atoms with Gasteiger partial charge in [0.05, 0.1) is 29.8 Å². The largest absolute Gasteiger partial charge is 0.392 e. The van der Waals surface area contributed by atoms with Gasteiger partial charge in [-0.05, 0) is 31.0 Å². The standard InChI is InChI=1S/C14H17N3O2.ClH/c1-9(11-4-2-10(7-15)3-5-11)17-14(19)13-6-12(18)8-16-13;/h2-5,9,12-13,16,18H,6,8H2,1H3,(H,17,19);1H/t9-,12+,13-;/m0./s1. The lowest BCUT2D eigenvalue weighted by Gasteiger charge is -2.17. The van der Waals surface area contributed by atoms with Gasteiger partial charge in [-0.2, -0.15) is 5.26 Å². The summed E-state index contributed by atoms with van der Waals surface area (Å²) in [7, 11) is 0. The van der Waals surface area contributed by atoms with Crippen LogP contribution < -0.4 is 10.6 Å². The molecule has 0 unspecified atom stereocenters. The molecule has 0 aromatic heterocycles. The van der Waals surface area contributed by atoms with E-state index in [0.717, 1.165) is 5.56 Å². The molecule has 1 amide bonds. The normalized spacial score (nSPS) is 22.4. The lowest BCUT2D eigenvalue weighted by molar-refractivity contribution is -0.123. The summed E-state index contributed by atoms with van der Waals surface area (Å²) in [5.74, 6) is -0.103. The molecule has 0 radical (unpaired) electrons. The molecule has 3 N–H and O–H groups in total. The van der Waals surface area contributed by atoms with Crippen molar-refractivity contribution in [2.24, 2.45) is 0 Å². The van der Waals surface area contributed by atoms with Crippen LogP contribution in [-0.2, 0) is 4.79 Å². The van der Waals surface area contributed by atoms with Crippen molar-refractivity contribution in [3.8, 4) is 6.07 Å². The van der Waals surface area contributed by atoms with Crippen LogP contribution in [0.3, 0.4) is 0 Å². The van der Waals surface area contributed by atoms with Crippen molar-refractivity contribution in [3.63, 3.8) is 0 Å². The summed E-state index contributed by atoms with van der Waals surface area (Å²) in [5, 5.41) is 24.0. The molecule has 20 heavy (non-hydrogen) atoms. The van der Waals surface area contributed by atoms with Crippen LogP contribution in [0.4, 0.5) is 0 Å². The Bertz CT molecular complexity index is 498. The van der Waals surface area contributed by atoms with Gasteiger partial charge >= 0.3 is 0 Å². The van der Waals surface area contributed by atoms with Gasteiger partial charge < -0.3 is 15.7 Å². The van der Waals surface area contributed by atoms with Crippen molar-refractivity contribution in [3.05, 3.63) is 35.4 Å². The van der Waals surface area contributed by atoms with E-state index >= 15 is 0 Å². The summed E-state index contributed by atoms with van der Waals surface area (Å²) in [6, 6.07) is 8.74. The first-order valence-electron chi connectivity index (χ1n) is 6.32. The third-order valence-corrected chi connectivity index (χ3v) is 3.32. The minimum atomic E-state index is -0.444. The highest BCUT2D eigenvalue weighted by Gasteiger charge is 2.28. The van der Waals surface area contributed by atoms with Crippen molar-refractivity contribution in [2.45, 2.75) is 31.5 Å². The molecule has 0 spiro atoms. The van der Waals surface area contributed by atoms with Gasteiger partial charge in [-0.25, -0.2) is 0 Å². The summed E-state index contributed by atoms with van der Waals surface area (Å²) in [6.07, 6.45) is 0.00677.